The van der Waals surface area contributed by atoms with Crippen molar-refractivity contribution in [3.05, 3.63) is 83.0 Å². The van der Waals surface area contributed by atoms with Gasteiger partial charge in [-0.3, -0.25) is 4.79 Å². The van der Waals surface area contributed by atoms with Crippen LogP contribution in [0.4, 0.5) is 0 Å². The average molecular weight is 1250 g/mol. The van der Waals surface area contributed by atoms with Crippen LogP contribution in [0.3, 0.4) is 0 Å². The van der Waals surface area contributed by atoms with E-state index in [4.69, 9.17) is 75.2 Å². The van der Waals surface area contributed by atoms with Crippen molar-refractivity contribution in [2.24, 2.45) is 35.5 Å². The summed E-state index contributed by atoms with van der Waals surface area (Å²) >= 11 is 0. The molecular formula is C67H112O17Si2. The fourth-order valence-corrected chi connectivity index (χ4v) is 15.4. The van der Waals surface area contributed by atoms with Gasteiger partial charge in [0.1, 0.15) is 32.3 Å². The van der Waals surface area contributed by atoms with Gasteiger partial charge in [-0.1, -0.05) is 113 Å². The smallest absolute Gasteiger partial charge is 0.192 e. The van der Waals surface area contributed by atoms with Crippen molar-refractivity contribution in [1.29, 1.82) is 0 Å². The molecule has 0 aromatic heterocycles. The van der Waals surface area contributed by atoms with Gasteiger partial charge in [0.15, 0.2) is 52.2 Å². The Balaban J connectivity index is 1.83. The first-order chi connectivity index (χ1) is 40.8. The Hall–Kier alpha value is -3.52. The molecule has 2 aromatic carbocycles. The number of methoxy groups -OCH3 is 7. The van der Waals surface area contributed by atoms with E-state index in [1.54, 1.807) is 49.8 Å². The number of allylic oxidation sites excluding steroid dienone is 4. The average Bonchev–Trinajstić information content (AvgIpc) is 0.989. The third-order valence-corrected chi connectivity index (χ3v) is 27.4. The van der Waals surface area contributed by atoms with Crippen molar-refractivity contribution < 1.29 is 80.0 Å². The molecule has 4 rings (SSSR count). The van der Waals surface area contributed by atoms with Gasteiger partial charge in [-0.15, -0.1) is 0 Å². The summed E-state index contributed by atoms with van der Waals surface area (Å²) in [7, 11) is 6.86. The topological polar surface area (TPSA) is 165 Å². The fourth-order valence-electron chi connectivity index (χ4n) is 11.8. The van der Waals surface area contributed by atoms with Crippen LogP contribution in [0, 0.1) is 35.5 Å². The second-order valence-corrected chi connectivity index (χ2v) is 34.6. The fraction of sp³-hybridized carbons (Fsp3) is 0.716. The number of ketones is 1. The number of hydrogen-bond donors (Lipinski definition) is 0. The van der Waals surface area contributed by atoms with Crippen molar-refractivity contribution in [3.63, 3.8) is 0 Å². The van der Waals surface area contributed by atoms with Crippen molar-refractivity contribution in [2.75, 3.05) is 83.4 Å². The first-order valence-corrected chi connectivity index (χ1v) is 36.4. The lowest BCUT2D eigenvalue weighted by molar-refractivity contribution is -0.310. The normalized spacial score (nSPS) is 24.4. The molecule has 0 bridgehead atoms. The molecule has 490 valence electrons. The van der Waals surface area contributed by atoms with Crippen LogP contribution in [-0.4, -0.2) is 149 Å². The van der Waals surface area contributed by atoms with E-state index in [9.17, 15) is 0 Å². The lowest BCUT2D eigenvalue weighted by Crippen LogP contribution is -2.54. The summed E-state index contributed by atoms with van der Waals surface area (Å²) in [6, 6.07) is 14.2. The van der Waals surface area contributed by atoms with E-state index in [1.165, 1.54) is 0 Å². The maximum atomic E-state index is 15.2. The summed E-state index contributed by atoms with van der Waals surface area (Å²) in [6.07, 6.45) is 3.13. The Morgan fingerprint density at radius 1 is 0.616 bits per heavy atom. The monoisotopic (exact) mass is 1240 g/mol. The maximum absolute atomic E-state index is 15.2. The molecule has 86 heavy (non-hydrogen) atoms. The highest BCUT2D eigenvalue weighted by Gasteiger charge is 2.49. The number of ether oxygens (including phenoxy) is 14. The zero-order valence-electron chi connectivity index (χ0n) is 56.7. The summed E-state index contributed by atoms with van der Waals surface area (Å²) in [5, 5.41) is -0.0748. The van der Waals surface area contributed by atoms with Gasteiger partial charge < -0.3 is 75.2 Å². The third-order valence-electron chi connectivity index (χ3n) is 18.2. The number of rotatable bonds is 37. The van der Waals surface area contributed by atoms with E-state index in [0.29, 0.717) is 41.8 Å². The molecule has 0 spiro atoms. The molecule has 2 fully saturated rings. The summed E-state index contributed by atoms with van der Waals surface area (Å²) < 4.78 is 102. The Kier molecular flexibility index (Phi) is 31.2. The van der Waals surface area contributed by atoms with Crippen LogP contribution in [0.1, 0.15) is 127 Å². The Labute approximate surface area is 519 Å². The molecule has 2 aliphatic heterocycles. The minimum atomic E-state index is -2.33. The van der Waals surface area contributed by atoms with Crippen LogP contribution in [0.5, 0.6) is 23.0 Å². The predicted octanol–water partition coefficient (Wildman–Crippen LogP) is 14.2. The summed E-state index contributed by atoms with van der Waals surface area (Å²) in [6.45, 7) is 35.2. The van der Waals surface area contributed by atoms with E-state index < -0.39 is 77.9 Å². The lowest BCUT2D eigenvalue weighted by atomic mass is 9.79. The number of hydrogen-bond acceptors (Lipinski definition) is 17. The summed E-state index contributed by atoms with van der Waals surface area (Å²) in [5.41, 5.74) is 3.31. The highest BCUT2D eigenvalue weighted by molar-refractivity contribution is 6.74. The van der Waals surface area contributed by atoms with Crippen LogP contribution in [0.15, 0.2) is 71.8 Å². The third kappa shape index (κ3) is 20.0. The molecule has 0 saturated carbocycles. The summed E-state index contributed by atoms with van der Waals surface area (Å²) in [4.78, 5) is 15.2. The van der Waals surface area contributed by atoms with Gasteiger partial charge in [0.25, 0.3) is 0 Å². The molecule has 0 amide bonds. The number of Topliss-reactive ketones (excluding diaryl/α,β-unsaturated/α-hetero) is 1. The van der Waals surface area contributed by atoms with E-state index >= 15 is 4.79 Å². The molecule has 19 heteroatoms. The van der Waals surface area contributed by atoms with Gasteiger partial charge in [-0.05, 0) is 98.4 Å². The predicted molar refractivity (Wildman–Crippen MR) is 342 cm³/mol. The Morgan fingerprint density at radius 2 is 1.10 bits per heavy atom. The van der Waals surface area contributed by atoms with Crippen molar-refractivity contribution in [1.82, 2.24) is 0 Å². The van der Waals surface area contributed by atoms with E-state index in [2.05, 4.69) is 107 Å². The quantitative estimate of drug-likeness (QED) is 0.0356. The minimum Gasteiger partial charge on any atom is -0.493 e. The summed E-state index contributed by atoms with van der Waals surface area (Å²) in [5.74, 6) is 0.509. The highest BCUT2D eigenvalue weighted by Crippen LogP contribution is 2.46. The van der Waals surface area contributed by atoms with Crippen molar-refractivity contribution in [2.45, 2.75) is 195 Å². The molecule has 2 aliphatic rings. The van der Waals surface area contributed by atoms with Gasteiger partial charge >= 0.3 is 0 Å². The first kappa shape index (κ1) is 74.9. The van der Waals surface area contributed by atoms with Gasteiger partial charge in [-0.25, -0.2) is 0 Å². The Bertz CT molecular complexity index is 2410. The second-order valence-electron chi connectivity index (χ2n) is 25.0. The van der Waals surface area contributed by atoms with E-state index in [1.807, 2.05) is 63.2 Å². The van der Waals surface area contributed by atoms with Gasteiger partial charge in [0.2, 0.25) is 0 Å². The van der Waals surface area contributed by atoms with Crippen molar-refractivity contribution >= 4 is 22.4 Å². The molecule has 2 heterocycles. The number of benzene rings is 2. The Morgan fingerprint density at radius 3 is 1.60 bits per heavy atom. The molecule has 2 aromatic rings. The van der Waals surface area contributed by atoms with E-state index in [-0.39, 0.29) is 67.2 Å². The molecule has 0 radical (unpaired) electrons. The van der Waals surface area contributed by atoms with Crippen LogP contribution in [0.2, 0.25) is 36.3 Å². The van der Waals surface area contributed by atoms with Crippen molar-refractivity contribution in [3.8, 4) is 23.0 Å². The zero-order chi connectivity index (χ0) is 64.1. The second kappa shape index (κ2) is 35.8. The molecule has 15 atom stereocenters. The molecular weight excluding hydrogens is 1130 g/mol. The van der Waals surface area contributed by atoms with Gasteiger partial charge in [0, 0.05) is 75.1 Å². The minimum absolute atomic E-state index is 0.00153. The maximum Gasteiger partial charge on any atom is 0.192 e. The largest absolute Gasteiger partial charge is 0.493 e. The molecule has 17 nitrogen and oxygen atoms in total. The number of carbonyl (C=O) groups excluding carboxylic acids is 1. The highest BCUT2D eigenvalue weighted by atomic mass is 28.4. The lowest BCUT2D eigenvalue weighted by Gasteiger charge is -2.47. The first-order valence-electron chi connectivity index (χ1n) is 31.0. The van der Waals surface area contributed by atoms with E-state index in [0.717, 1.165) is 34.8 Å². The zero-order valence-corrected chi connectivity index (χ0v) is 58.7. The molecule has 0 unspecified atom stereocenters. The van der Waals surface area contributed by atoms with Crippen LogP contribution in [0.25, 0.3) is 0 Å². The number of carbonyl (C=O) groups is 1. The molecule has 2 saturated heterocycles. The molecule has 0 N–H and O–H groups in total. The van der Waals surface area contributed by atoms with Crippen LogP contribution in [-0.2, 0) is 61.0 Å². The SMILES string of the molecule is C/C=C\[C@H](C)/C=C(\C)[C@@H](OCOC)[C@@H](CO[Si](C)(C)C(C)(C)C)[C@H]1O[C@@H](c2ccc(OC)c(OC)c2)O[C@@H](CC(=O)[C@@H](C)/C=C(\C)[C@H](OCOC)[C@@H](C)[C@@H]2O[C@H](c3ccc(OC)c(OC)c3)O[C@H]([C@H](CO[Si](CC)(CC)CC)OCOC)[C@@H]2C)[C@H]1C. The molecule has 0 aliphatic carbocycles. The van der Waals surface area contributed by atoms with Crippen LogP contribution < -0.4 is 18.9 Å². The van der Waals surface area contributed by atoms with Gasteiger partial charge in [0.05, 0.1) is 71.7 Å². The standard InChI is InChI=1S/C67H112O17Si2/c1-24-28-43(5)33-45(7)61(78-42-71-17)52(38-79-85(22,23)67(12,13)14)63-47(9)56(81-65(83-63)50-29-31-54(72-18)57(35-50)74-20)37-53(68)44(6)34-46(8)60(77-41-70-16)48(10)62-49(11)64(59(76-40-69-15)39-80-86(25-2,26-3)27-4)84-66(82-62)51-30-32-55(73-19)58(36-51)75-21/h24,28-36,43-44,47-49,52,56,59-66H,25-27,37-42H2,1-23H3/b28-24-,45-33+,46-34+/t43-,44-,47+,48+,49+,52+,56-,59-,60-,61+,62-,63-,64-,65-,66-/m0/s1. The van der Waals surface area contributed by atoms with Crippen LogP contribution >= 0.6 is 0 Å². The van der Waals surface area contributed by atoms with Gasteiger partial charge in [-0.2, -0.15) is 0 Å².